The van der Waals surface area contributed by atoms with E-state index in [1.54, 1.807) is 6.07 Å². The maximum absolute atomic E-state index is 9.59. The van der Waals surface area contributed by atoms with Crippen LogP contribution in [0.15, 0.2) is 53.0 Å². The highest BCUT2D eigenvalue weighted by Gasteiger charge is 2.38. The third-order valence-corrected chi connectivity index (χ3v) is 4.31. The van der Waals surface area contributed by atoms with E-state index < -0.39 is 0 Å². The normalized spacial score (nSPS) is 16.9. The van der Waals surface area contributed by atoms with E-state index in [2.05, 4.69) is 51.6 Å². The van der Waals surface area contributed by atoms with Crippen molar-refractivity contribution in [3.05, 3.63) is 64.1 Å². The number of benzene rings is 2. The third-order valence-electron chi connectivity index (χ3n) is 3.82. The van der Waals surface area contributed by atoms with Crippen molar-refractivity contribution < 1.29 is 5.11 Å². The zero-order chi connectivity index (χ0) is 13.3. The van der Waals surface area contributed by atoms with Crippen LogP contribution in [0.1, 0.15) is 11.1 Å². The number of rotatable bonds is 3. The predicted molar refractivity (Wildman–Crippen MR) is 80.5 cm³/mol. The molecule has 0 bridgehead atoms. The Bertz CT molecular complexity index is 593. The van der Waals surface area contributed by atoms with Crippen LogP contribution in [0.25, 0.3) is 0 Å². The molecule has 0 amide bonds. The first-order valence-electron chi connectivity index (χ1n) is 6.43. The molecule has 0 radical (unpaired) electrons. The SMILES string of the molecule is Oc1cccc(CC2(c3cccc(Br)c3)CNC2)c1. The van der Waals surface area contributed by atoms with Gasteiger partial charge in [-0.25, -0.2) is 0 Å². The van der Waals surface area contributed by atoms with Gasteiger partial charge >= 0.3 is 0 Å². The second-order valence-electron chi connectivity index (χ2n) is 5.24. The number of phenolic OH excluding ortho intramolecular Hbond substituents is 1. The summed E-state index contributed by atoms with van der Waals surface area (Å²) in [6, 6.07) is 16.1. The number of halogens is 1. The average Bonchev–Trinajstić information content (AvgIpc) is 2.34. The second-order valence-corrected chi connectivity index (χ2v) is 6.16. The van der Waals surface area contributed by atoms with E-state index in [0.717, 1.165) is 24.0 Å². The Labute approximate surface area is 121 Å². The monoisotopic (exact) mass is 317 g/mol. The van der Waals surface area contributed by atoms with Gasteiger partial charge in [0.15, 0.2) is 0 Å². The van der Waals surface area contributed by atoms with Gasteiger partial charge in [0.25, 0.3) is 0 Å². The number of aromatic hydroxyl groups is 1. The Morgan fingerprint density at radius 3 is 2.53 bits per heavy atom. The first-order chi connectivity index (χ1) is 9.18. The Hall–Kier alpha value is -1.32. The molecule has 1 heterocycles. The lowest BCUT2D eigenvalue weighted by atomic mass is 9.71. The van der Waals surface area contributed by atoms with Crippen LogP contribution in [-0.2, 0) is 11.8 Å². The second kappa shape index (κ2) is 4.99. The molecule has 0 unspecified atom stereocenters. The number of phenols is 1. The van der Waals surface area contributed by atoms with Crippen LogP contribution >= 0.6 is 15.9 Å². The first-order valence-corrected chi connectivity index (χ1v) is 7.22. The van der Waals surface area contributed by atoms with Gasteiger partial charge in [-0.15, -0.1) is 0 Å². The van der Waals surface area contributed by atoms with Crippen molar-refractivity contribution in [1.82, 2.24) is 5.32 Å². The number of hydrogen-bond acceptors (Lipinski definition) is 2. The highest BCUT2D eigenvalue weighted by Crippen LogP contribution is 2.34. The zero-order valence-corrected chi connectivity index (χ0v) is 12.2. The molecule has 19 heavy (non-hydrogen) atoms. The topological polar surface area (TPSA) is 32.3 Å². The van der Waals surface area contributed by atoms with Crippen LogP contribution in [0.3, 0.4) is 0 Å². The van der Waals surface area contributed by atoms with E-state index in [4.69, 9.17) is 0 Å². The number of hydrogen-bond donors (Lipinski definition) is 2. The molecule has 2 nitrogen and oxygen atoms in total. The van der Waals surface area contributed by atoms with E-state index in [9.17, 15) is 5.11 Å². The van der Waals surface area contributed by atoms with Crippen LogP contribution < -0.4 is 5.32 Å². The highest BCUT2D eigenvalue weighted by atomic mass is 79.9. The molecule has 0 atom stereocenters. The van der Waals surface area contributed by atoms with Gasteiger partial charge in [-0.3, -0.25) is 0 Å². The van der Waals surface area contributed by atoms with Gasteiger partial charge in [-0.2, -0.15) is 0 Å². The van der Waals surface area contributed by atoms with Crippen molar-refractivity contribution in [3.8, 4) is 5.75 Å². The predicted octanol–water partition coefficient (Wildman–Crippen LogP) is 3.24. The molecule has 2 aromatic rings. The van der Waals surface area contributed by atoms with Gasteiger partial charge in [0.1, 0.15) is 5.75 Å². The molecule has 0 spiro atoms. The largest absolute Gasteiger partial charge is 0.508 e. The van der Waals surface area contributed by atoms with Crippen molar-refractivity contribution in [1.29, 1.82) is 0 Å². The van der Waals surface area contributed by atoms with Crippen molar-refractivity contribution in [3.63, 3.8) is 0 Å². The fraction of sp³-hybridized carbons (Fsp3) is 0.250. The molecule has 1 fully saturated rings. The summed E-state index contributed by atoms with van der Waals surface area (Å²) >= 11 is 3.54. The third kappa shape index (κ3) is 2.53. The molecular weight excluding hydrogens is 302 g/mol. The van der Waals surface area contributed by atoms with Crippen LogP contribution in [0.2, 0.25) is 0 Å². The van der Waals surface area contributed by atoms with Crippen LogP contribution in [0.4, 0.5) is 0 Å². The van der Waals surface area contributed by atoms with Crippen LogP contribution in [-0.4, -0.2) is 18.2 Å². The Kier molecular flexibility index (Phi) is 3.33. The molecule has 1 aliphatic rings. The summed E-state index contributed by atoms with van der Waals surface area (Å²) in [5.41, 5.74) is 2.68. The van der Waals surface area contributed by atoms with Gasteiger partial charge < -0.3 is 10.4 Å². The molecule has 0 aromatic heterocycles. The maximum Gasteiger partial charge on any atom is 0.115 e. The van der Waals surface area contributed by atoms with Crippen molar-refractivity contribution in [2.24, 2.45) is 0 Å². The van der Waals surface area contributed by atoms with Crippen molar-refractivity contribution in [2.45, 2.75) is 11.8 Å². The van der Waals surface area contributed by atoms with Crippen molar-refractivity contribution in [2.75, 3.05) is 13.1 Å². The summed E-state index contributed by atoms with van der Waals surface area (Å²) in [7, 11) is 0. The number of nitrogens with one attached hydrogen (secondary N) is 1. The minimum absolute atomic E-state index is 0.150. The van der Waals surface area contributed by atoms with Crippen molar-refractivity contribution >= 4 is 15.9 Å². The standard InChI is InChI=1S/C16H16BrNO/c17-14-5-2-4-13(8-14)16(10-18-11-16)9-12-3-1-6-15(19)7-12/h1-8,18-19H,9-11H2. The maximum atomic E-state index is 9.59. The van der Waals surface area contributed by atoms with E-state index in [1.807, 2.05) is 12.1 Å². The van der Waals surface area contributed by atoms with Gasteiger partial charge in [0.05, 0.1) is 0 Å². The lowest BCUT2D eigenvalue weighted by Gasteiger charge is -2.43. The summed E-state index contributed by atoms with van der Waals surface area (Å²) < 4.78 is 1.12. The lowest BCUT2D eigenvalue weighted by molar-refractivity contribution is 0.274. The molecule has 0 aliphatic carbocycles. The molecule has 1 saturated heterocycles. The van der Waals surface area contributed by atoms with Gasteiger partial charge in [0.2, 0.25) is 0 Å². The summed E-state index contributed by atoms with van der Waals surface area (Å²) in [5, 5.41) is 13.0. The van der Waals surface area contributed by atoms with Crippen LogP contribution in [0, 0.1) is 0 Å². The van der Waals surface area contributed by atoms with E-state index in [-0.39, 0.29) is 5.41 Å². The minimum Gasteiger partial charge on any atom is -0.508 e. The Morgan fingerprint density at radius 1 is 1.11 bits per heavy atom. The smallest absolute Gasteiger partial charge is 0.115 e. The van der Waals surface area contributed by atoms with E-state index in [0.29, 0.717) is 5.75 Å². The summed E-state index contributed by atoms with van der Waals surface area (Å²) in [4.78, 5) is 0. The Morgan fingerprint density at radius 2 is 1.89 bits per heavy atom. The molecule has 2 N–H and O–H groups in total. The molecule has 98 valence electrons. The first kappa shape index (κ1) is 12.7. The minimum atomic E-state index is 0.150. The van der Waals surface area contributed by atoms with Crippen LogP contribution in [0.5, 0.6) is 5.75 Å². The van der Waals surface area contributed by atoms with Gasteiger partial charge in [0, 0.05) is 23.0 Å². The summed E-state index contributed by atoms with van der Waals surface area (Å²) in [6.07, 6.45) is 0.949. The quantitative estimate of drug-likeness (QED) is 0.911. The molecule has 1 aliphatic heterocycles. The molecule has 3 rings (SSSR count). The molecule has 0 saturated carbocycles. The summed E-state index contributed by atoms with van der Waals surface area (Å²) in [6.45, 7) is 1.97. The zero-order valence-electron chi connectivity index (χ0n) is 10.6. The fourth-order valence-corrected chi connectivity index (χ4v) is 3.13. The Balaban J connectivity index is 1.91. The molecular formula is C16H16BrNO. The fourth-order valence-electron chi connectivity index (χ4n) is 2.73. The highest BCUT2D eigenvalue weighted by molar-refractivity contribution is 9.10. The summed E-state index contributed by atoms with van der Waals surface area (Å²) in [5.74, 6) is 0.342. The van der Waals surface area contributed by atoms with Gasteiger partial charge in [-0.05, 0) is 41.8 Å². The lowest BCUT2D eigenvalue weighted by Crippen LogP contribution is -2.58. The molecule has 2 aromatic carbocycles. The van der Waals surface area contributed by atoms with E-state index in [1.165, 1.54) is 11.1 Å². The van der Waals surface area contributed by atoms with Gasteiger partial charge in [-0.1, -0.05) is 40.2 Å². The van der Waals surface area contributed by atoms with E-state index >= 15 is 0 Å². The molecule has 3 heteroatoms. The average molecular weight is 318 g/mol.